The van der Waals surface area contributed by atoms with Crippen molar-refractivity contribution in [3.05, 3.63) is 23.5 Å². The Morgan fingerprint density at radius 2 is 2.14 bits per heavy atom. The molecule has 1 N–H and O–H groups in total. The number of hydrogen-bond donors (Lipinski definition) is 1. The number of hydrogen-bond acceptors (Lipinski definition) is 4. The average molecular weight is 302 g/mol. The zero-order valence-electron chi connectivity index (χ0n) is 14.4. The summed E-state index contributed by atoms with van der Waals surface area (Å²) in [5.41, 5.74) is 1.60. The van der Waals surface area contributed by atoms with Crippen LogP contribution in [0.5, 0.6) is 0 Å². The van der Waals surface area contributed by atoms with Crippen molar-refractivity contribution < 1.29 is 0 Å². The summed E-state index contributed by atoms with van der Waals surface area (Å²) in [5, 5.41) is 3.47. The summed E-state index contributed by atoms with van der Waals surface area (Å²) in [6.45, 7) is 6.18. The normalized spacial score (nSPS) is 14.6. The molecule has 0 aliphatic heterocycles. The zero-order valence-corrected chi connectivity index (χ0v) is 14.4. The van der Waals surface area contributed by atoms with E-state index in [0.717, 1.165) is 37.0 Å². The second-order valence-corrected chi connectivity index (χ2v) is 6.22. The van der Waals surface area contributed by atoms with Gasteiger partial charge in [-0.25, -0.2) is 9.97 Å². The van der Waals surface area contributed by atoms with Gasteiger partial charge in [0.25, 0.3) is 0 Å². The summed E-state index contributed by atoms with van der Waals surface area (Å²) in [6.07, 6.45) is 11.2. The lowest BCUT2D eigenvalue weighted by Crippen LogP contribution is -2.20. The molecule has 0 spiro atoms. The Morgan fingerprint density at radius 1 is 1.27 bits per heavy atom. The number of unbranched alkanes of at least 4 members (excludes halogenated alkanes) is 1. The van der Waals surface area contributed by atoms with Gasteiger partial charge in [0, 0.05) is 26.2 Å². The quantitative estimate of drug-likeness (QED) is 0.726. The first kappa shape index (κ1) is 16.8. The second-order valence-electron chi connectivity index (χ2n) is 6.22. The summed E-state index contributed by atoms with van der Waals surface area (Å²) >= 11 is 0. The SMILES string of the molecule is CCCCN(C)c1cc(NCCC2=CCCCC2)nc(C)n1. The van der Waals surface area contributed by atoms with E-state index in [2.05, 4.69) is 46.3 Å². The molecule has 1 heterocycles. The van der Waals surface area contributed by atoms with E-state index in [-0.39, 0.29) is 0 Å². The number of rotatable bonds is 8. The molecule has 0 radical (unpaired) electrons. The van der Waals surface area contributed by atoms with E-state index in [9.17, 15) is 0 Å². The fourth-order valence-corrected chi connectivity index (χ4v) is 2.83. The molecule has 4 heteroatoms. The van der Waals surface area contributed by atoms with Gasteiger partial charge in [0.15, 0.2) is 0 Å². The van der Waals surface area contributed by atoms with Crippen molar-refractivity contribution in [3.63, 3.8) is 0 Å². The molecule has 0 bridgehead atoms. The van der Waals surface area contributed by atoms with Gasteiger partial charge in [0.2, 0.25) is 0 Å². The maximum Gasteiger partial charge on any atom is 0.134 e. The van der Waals surface area contributed by atoms with Crippen molar-refractivity contribution in [2.45, 2.75) is 58.8 Å². The minimum absolute atomic E-state index is 0.834. The van der Waals surface area contributed by atoms with Gasteiger partial charge in [-0.05, 0) is 45.4 Å². The van der Waals surface area contributed by atoms with Crippen LogP contribution in [0.15, 0.2) is 17.7 Å². The van der Waals surface area contributed by atoms with Crippen LogP contribution < -0.4 is 10.2 Å². The van der Waals surface area contributed by atoms with Crippen LogP contribution in [-0.4, -0.2) is 30.1 Å². The minimum atomic E-state index is 0.834. The highest BCUT2D eigenvalue weighted by Gasteiger charge is 2.07. The third-order valence-corrected chi connectivity index (χ3v) is 4.20. The molecule has 0 aromatic carbocycles. The number of nitrogens with one attached hydrogen (secondary N) is 1. The van der Waals surface area contributed by atoms with Gasteiger partial charge in [0.1, 0.15) is 17.5 Å². The number of nitrogens with zero attached hydrogens (tertiary/aromatic N) is 3. The molecule has 0 amide bonds. The third-order valence-electron chi connectivity index (χ3n) is 4.20. The summed E-state index contributed by atoms with van der Waals surface area (Å²) < 4.78 is 0. The smallest absolute Gasteiger partial charge is 0.134 e. The standard InChI is InChI=1S/C18H30N4/c1-4-5-13-22(3)18-14-17(20-15(2)21-18)19-12-11-16-9-7-6-8-10-16/h9,14H,4-8,10-13H2,1-3H3,(H,19,20,21). The monoisotopic (exact) mass is 302 g/mol. The van der Waals surface area contributed by atoms with Gasteiger partial charge >= 0.3 is 0 Å². The van der Waals surface area contributed by atoms with Crippen LogP contribution in [-0.2, 0) is 0 Å². The maximum atomic E-state index is 4.55. The van der Waals surface area contributed by atoms with Crippen LogP contribution in [0.25, 0.3) is 0 Å². The lowest BCUT2D eigenvalue weighted by atomic mass is 9.97. The lowest BCUT2D eigenvalue weighted by molar-refractivity contribution is 0.679. The van der Waals surface area contributed by atoms with Crippen LogP contribution in [0.4, 0.5) is 11.6 Å². The van der Waals surface area contributed by atoms with Crippen molar-refractivity contribution >= 4 is 11.6 Å². The molecule has 1 aliphatic rings. The Morgan fingerprint density at radius 3 is 2.86 bits per heavy atom. The molecule has 0 fully saturated rings. The van der Waals surface area contributed by atoms with Gasteiger partial charge in [-0.3, -0.25) is 0 Å². The van der Waals surface area contributed by atoms with E-state index in [4.69, 9.17) is 0 Å². The number of anilines is 2. The predicted octanol–water partition coefficient (Wildman–Crippen LogP) is 4.32. The molecular weight excluding hydrogens is 272 g/mol. The Hall–Kier alpha value is -1.58. The van der Waals surface area contributed by atoms with E-state index >= 15 is 0 Å². The molecule has 0 saturated carbocycles. The highest BCUT2D eigenvalue weighted by molar-refractivity contribution is 5.49. The summed E-state index contributed by atoms with van der Waals surface area (Å²) in [6, 6.07) is 2.07. The van der Waals surface area contributed by atoms with Gasteiger partial charge in [-0.2, -0.15) is 0 Å². The highest BCUT2D eigenvalue weighted by atomic mass is 15.2. The van der Waals surface area contributed by atoms with E-state index < -0.39 is 0 Å². The van der Waals surface area contributed by atoms with E-state index in [1.165, 1.54) is 38.5 Å². The fourth-order valence-electron chi connectivity index (χ4n) is 2.83. The summed E-state index contributed by atoms with van der Waals surface area (Å²) in [4.78, 5) is 11.3. The number of aryl methyl sites for hydroxylation is 1. The van der Waals surface area contributed by atoms with E-state index in [0.29, 0.717) is 0 Å². The molecule has 2 rings (SSSR count). The molecule has 1 aliphatic carbocycles. The van der Waals surface area contributed by atoms with Gasteiger partial charge in [-0.1, -0.05) is 25.0 Å². The van der Waals surface area contributed by atoms with E-state index in [1.807, 2.05) is 6.92 Å². The predicted molar refractivity (Wildman–Crippen MR) is 94.6 cm³/mol. The molecule has 0 saturated heterocycles. The fraction of sp³-hybridized carbons (Fsp3) is 0.667. The third kappa shape index (κ3) is 5.32. The van der Waals surface area contributed by atoms with Crippen molar-refractivity contribution in [2.24, 2.45) is 0 Å². The molecule has 0 unspecified atom stereocenters. The minimum Gasteiger partial charge on any atom is -0.370 e. The molecule has 0 atom stereocenters. The largest absolute Gasteiger partial charge is 0.370 e. The zero-order chi connectivity index (χ0) is 15.8. The molecule has 1 aromatic heterocycles. The molecule has 1 aromatic rings. The van der Waals surface area contributed by atoms with Crippen LogP contribution >= 0.6 is 0 Å². The first-order valence-electron chi connectivity index (χ1n) is 8.67. The Labute approximate surface area is 135 Å². The Balaban J connectivity index is 1.90. The van der Waals surface area contributed by atoms with E-state index in [1.54, 1.807) is 5.57 Å². The van der Waals surface area contributed by atoms with Gasteiger partial charge in [0.05, 0.1) is 0 Å². The topological polar surface area (TPSA) is 41.0 Å². The first-order valence-corrected chi connectivity index (χ1v) is 8.67. The van der Waals surface area contributed by atoms with Crippen LogP contribution in [0.2, 0.25) is 0 Å². The van der Waals surface area contributed by atoms with Crippen molar-refractivity contribution in [3.8, 4) is 0 Å². The first-order chi connectivity index (χ1) is 10.7. The van der Waals surface area contributed by atoms with Crippen molar-refractivity contribution in [1.29, 1.82) is 0 Å². The van der Waals surface area contributed by atoms with Crippen molar-refractivity contribution in [2.75, 3.05) is 30.4 Å². The molecule has 4 nitrogen and oxygen atoms in total. The van der Waals surface area contributed by atoms with Crippen LogP contribution in [0, 0.1) is 6.92 Å². The summed E-state index contributed by atoms with van der Waals surface area (Å²) in [7, 11) is 2.11. The second kappa shape index (κ2) is 8.76. The highest BCUT2D eigenvalue weighted by Crippen LogP contribution is 2.20. The summed E-state index contributed by atoms with van der Waals surface area (Å²) in [5.74, 6) is 2.79. The molecule has 22 heavy (non-hydrogen) atoms. The average Bonchev–Trinajstić information content (AvgIpc) is 2.53. The number of aromatic nitrogens is 2. The van der Waals surface area contributed by atoms with Crippen molar-refractivity contribution in [1.82, 2.24) is 9.97 Å². The van der Waals surface area contributed by atoms with Gasteiger partial charge < -0.3 is 10.2 Å². The van der Waals surface area contributed by atoms with Crippen LogP contribution in [0.3, 0.4) is 0 Å². The lowest BCUT2D eigenvalue weighted by Gasteiger charge is -2.19. The maximum absolute atomic E-state index is 4.55. The molecular formula is C18H30N4. The number of allylic oxidation sites excluding steroid dienone is 1. The van der Waals surface area contributed by atoms with Gasteiger partial charge in [-0.15, -0.1) is 0 Å². The molecule has 122 valence electrons. The van der Waals surface area contributed by atoms with Crippen LogP contribution in [0.1, 0.15) is 57.7 Å². The Kier molecular flexibility index (Phi) is 6.69. The Bertz CT molecular complexity index is 496.